The number of hydrogen-bond donors (Lipinski definition) is 2. The molecule has 2 N–H and O–H groups in total. The second-order valence-corrected chi connectivity index (χ2v) is 6.03. The van der Waals surface area contributed by atoms with Crippen LogP contribution >= 0.6 is 15.9 Å². The Kier molecular flexibility index (Phi) is 8.05. The van der Waals surface area contributed by atoms with E-state index in [1.165, 1.54) is 11.1 Å². The molecule has 0 aliphatic carbocycles. The Hall–Kier alpha value is -1.36. The van der Waals surface area contributed by atoms with E-state index < -0.39 is 11.9 Å². The summed E-state index contributed by atoms with van der Waals surface area (Å²) in [5.41, 5.74) is 2.46. The average Bonchev–Trinajstić information content (AvgIpc) is 2.41. The summed E-state index contributed by atoms with van der Waals surface area (Å²) in [6.45, 7) is 0. The SMILES string of the molecule is O=C(O)CCCCc1ccc(Br)cc1CCCCC(=O)O. The minimum absolute atomic E-state index is 0.210. The van der Waals surface area contributed by atoms with Crippen LogP contribution < -0.4 is 0 Å². The highest BCUT2D eigenvalue weighted by atomic mass is 79.9. The lowest BCUT2D eigenvalue weighted by atomic mass is 9.97. The summed E-state index contributed by atoms with van der Waals surface area (Å²) in [4.78, 5) is 21.0. The van der Waals surface area contributed by atoms with Gasteiger partial charge >= 0.3 is 11.9 Å². The smallest absolute Gasteiger partial charge is 0.303 e. The highest BCUT2D eigenvalue weighted by molar-refractivity contribution is 9.10. The quantitative estimate of drug-likeness (QED) is 0.620. The number of carboxylic acid groups (broad SMARTS) is 2. The largest absolute Gasteiger partial charge is 0.481 e. The summed E-state index contributed by atoms with van der Waals surface area (Å²) in [6, 6.07) is 6.14. The van der Waals surface area contributed by atoms with Crippen molar-refractivity contribution in [3.05, 3.63) is 33.8 Å². The summed E-state index contributed by atoms with van der Waals surface area (Å²) in [5, 5.41) is 17.3. The zero-order valence-electron chi connectivity index (χ0n) is 12.0. The fourth-order valence-corrected chi connectivity index (χ4v) is 2.66. The van der Waals surface area contributed by atoms with Gasteiger partial charge in [-0.1, -0.05) is 22.0 Å². The molecule has 0 aliphatic heterocycles. The summed E-state index contributed by atoms with van der Waals surface area (Å²) in [7, 11) is 0. The monoisotopic (exact) mass is 356 g/mol. The van der Waals surface area contributed by atoms with Crippen molar-refractivity contribution >= 4 is 27.9 Å². The maximum atomic E-state index is 10.5. The molecule has 1 rings (SSSR count). The zero-order chi connectivity index (χ0) is 15.7. The molecule has 0 spiro atoms. The Balaban J connectivity index is 2.49. The predicted octanol–water partition coefficient (Wildman–Crippen LogP) is 4.04. The van der Waals surface area contributed by atoms with Crippen LogP contribution in [0.15, 0.2) is 22.7 Å². The van der Waals surface area contributed by atoms with Crippen LogP contribution in [0.5, 0.6) is 0 Å². The Morgan fingerprint density at radius 3 is 1.90 bits per heavy atom. The standard InChI is InChI=1S/C16H21BrO4/c17-14-10-9-12(5-1-3-7-15(18)19)13(11-14)6-2-4-8-16(20)21/h9-11H,1-8H2,(H,18,19)(H,20,21). The Bertz CT molecular complexity index is 485. The number of halogens is 1. The van der Waals surface area contributed by atoms with Crippen molar-refractivity contribution in [2.24, 2.45) is 0 Å². The predicted molar refractivity (Wildman–Crippen MR) is 84.5 cm³/mol. The summed E-state index contributed by atoms with van der Waals surface area (Å²) in [5.74, 6) is -1.50. The van der Waals surface area contributed by atoms with Crippen LogP contribution in [-0.4, -0.2) is 22.2 Å². The first kappa shape index (κ1) is 17.7. The Labute approximate surface area is 133 Å². The first-order chi connectivity index (χ1) is 9.99. The van der Waals surface area contributed by atoms with Crippen LogP contribution in [0, 0.1) is 0 Å². The molecule has 5 heteroatoms. The van der Waals surface area contributed by atoms with Gasteiger partial charge in [-0.3, -0.25) is 9.59 Å². The van der Waals surface area contributed by atoms with Gasteiger partial charge in [0.25, 0.3) is 0 Å². The van der Waals surface area contributed by atoms with Crippen LogP contribution in [0.3, 0.4) is 0 Å². The van der Waals surface area contributed by atoms with Crippen LogP contribution in [0.4, 0.5) is 0 Å². The van der Waals surface area contributed by atoms with Crippen molar-refractivity contribution in [1.29, 1.82) is 0 Å². The molecule has 0 saturated heterocycles. The highest BCUT2D eigenvalue weighted by Gasteiger charge is 2.05. The second kappa shape index (κ2) is 9.55. The van der Waals surface area contributed by atoms with Gasteiger partial charge < -0.3 is 10.2 Å². The lowest BCUT2D eigenvalue weighted by molar-refractivity contribution is -0.138. The third-order valence-corrected chi connectivity index (χ3v) is 3.84. The van der Waals surface area contributed by atoms with Crippen LogP contribution in [0.1, 0.15) is 49.7 Å². The molecule has 0 bridgehead atoms. The van der Waals surface area contributed by atoms with Gasteiger partial charge in [-0.2, -0.15) is 0 Å². The van der Waals surface area contributed by atoms with Crippen molar-refractivity contribution in [2.45, 2.75) is 51.4 Å². The molecule has 0 radical (unpaired) electrons. The number of benzene rings is 1. The van der Waals surface area contributed by atoms with Gasteiger partial charge in [-0.15, -0.1) is 0 Å². The normalized spacial score (nSPS) is 10.5. The minimum Gasteiger partial charge on any atom is -0.481 e. The van der Waals surface area contributed by atoms with E-state index in [0.717, 1.165) is 30.2 Å². The molecular weight excluding hydrogens is 336 g/mol. The van der Waals surface area contributed by atoms with E-state index in [0.29, 0.717) is 12.8 Å². The summed E-state index contributed by atoms with van der Waals surface area (Å²) < 4.78 is 1.02. The molecule has 0 heterocycles. The average molecular weight is 357 g/mol. The van der Waals surface area contributed by atoms with Gasteiger partial charge in [-0.25, -0.2) is 0 Å². The molecule has 0 fully saturated rings. The van der Waals surface area contributed by atoms with Gasteiger partial charge in [0.2, 0.25) is 0 Å². The fourth-order valence-electron chi connectivity index (χ4n) is 2.25. The Morgan fingerprint density at radius 2 is 1.38 bits per heavy atom. The maximum absolute atomic E-state index is 10.5. The Morgan fingerprint density at radius 1 is 0.857 bits per heavy atom. The molecule has 0 unspecified atom stereocenters. The van der Waals surface area contributed by atoms with Crippen LogP contribution in [-0.2, 0) is 22.4 Å². The number of aliphatic carboxylic acids is 2. The lowest BCUT2D eigenvalue weighted by Gasteiger charge is -2.10. The molecule has 0 aliphatic rings. The molecule has 1 aromatic carbocycles. The van der Waals surface area contributed by atoms with Gasteiger partial charge in [-0.05, 0) is 61.8 Å². The molecule has 0 aromatic heterocycles. The van der Waals surface area contributed by atoms with E-state index in [2.05, 4.69) is 28.1 Å². The van der Waals surface area contributed by atoms with Crippen LogP contribution in [0.2, 0.25) is 0 Å². The number of hydrogen-bond acceptors (Lipinski definition) is 2. The first-order valence-electron chi connectivity index (χ1n) is 7.20. The van der Waals surface area contributed by atoms with Gasteiger partial charge in [0, 0.05) is 17.3 Å². The molecular formula is C16H21BrO4. The molecule has 4 nitrogen and oxygen atoms in total. The van der Waals surface area contributed by atoms with E-state index in [-0.39, 0.29) is 12.8 Å². The van der Waals surface area contributed by atoms with Crippen molar-refractivity contribution in [3.8, 4) is 0 Å². The number of unbranched alkanes of at least 4 members (excludes halogenated alkanes) is 2. The minimum atomic E-state index is -0.752. The maximum Gasteiger partial charge on any atom is 0.303 e. The molecule has 21 heavy (non-hydrogen) atoms. The van der Waals surface area contributed by atoms with Crippen molar-refractivity contribution in [1.82, 2.24) is 0 Å². The molecule has 0 amide bonds. The summed E-state index contributed by atoms with van der Waals surface area (Å²) in [6.07, 6.45) is 5.23. The van der Waals surface area contributed by atoms with E-state index in [1.54, 1.807) is 0 Å². The third-order valence-electron chi connectivity index (χ3n) is 3.34. The topological polar surface area (TPSA) is 74.6 Å². The molecule has 1 aromatic rings. The van der Waals surface area contributed by atoms with E-state index >= 15 is 0 Å². The van der Waals surface area contributed by atoms with Gasteiger partial charge in [0.05, 0.1) is 0 Å². The van der Waals surface area contributed by atoms with Crippen molar-refractivity contribution < 1.29 is 19.8 Å². The third kappa shape index (κ3) is 7.85. The van der Waals surface area contributed by atoms with Crippen LogP contribution in [0.25, 0.3) is 0 Å². The van der Waals surface area contributed by atoms with E-state index in [9.17, 15) is 9.59 Å². The number of carbonyl (C=O) groups is 2. The van der Waals surface area contributed by atoms with Gasteiger partial charge in [0.15, 0.2) is 0 Å². The van der Waals surface area contributed by atoms with Gasteiger partial charge in [0.1, 0.15) is 0 Å². The lowest BCUT2D eigenvalue weighted by Crippen LogP contribution is -1.99. The van der Waals surface area contributed by atoms with Crippen molar-refractivity contribution in [2.75, 3.05) is 0 Å². The number of rotatable bonds is 10. The van der Waals surface area contributed by atoms with E-state index in [4.69, 9.17) is 10.2 Å². The summed E-state index contributed by atoms with van der Waals surface area (Å²) >= 11 is 3.46. The number of carboxylic acids is 2. The number of aryl methyl sites for hydroxylation is 2. The fraction of sp³-hybridized carbons (Fsp3) is 0.500. The van der Waals surface area contributed by atoms with Crippen molar-refractivity contribution in [3.63, 3.8) is 0 Å². The van der Waals surface area contributed by atoms with E-state index in [1.807, 2.05) is 6.07 Å². The molecule has 0 atom stereocenters. The zero-order valence-corrected chi connectivity index (χ0v) is 13.6. The molecule has 116 valence electrons. The molecule has 0 saturated carbocycles. The first-order valence-corrected chi connectivity index (χ1v) is 7.99. The highest BCUT2D eigenvalue weighted by Crippen LogP contribution is 2.21. The second-order valence-electron chi connectivity index (χ2n) is 5.11.